The zero-order valence-corrected chi connectivity index (χ0v) is 13.5. The van der Waals surface area contributed by atoms with Gasteiger partial charge in [0.05, 0.1) is 17.7 Å². The van der Waals surface area contributed by atoms with Crippen LogP contribution in [0.25, 0.3) is 0 Å². The summed E-state index contributed by atoms with van der Waals surface area (Å²) in [7, 11) is 0. The van der Waals surface area contributed by atoms with Gasteiger partial charge in [0.1, 0.15) is 17.4 Å². The van der Waals surface area contributed by atoms with Crippen molar-refractivity contribution in [3.05, 3.63) is 62.6 Å². The van der Waals surface area contributed by atoms with Crippen LogP contribution in [0.5, 0.6) is 5.75 Å². The summed E-state index contributed by atoms with van der Waals surface area (Å²) >= 11 is 8.91. The second-order valence-electron chi connectivity index (χ2n) is 4.38. The van der Waals surface area contributed by atoms with E-state index in [-0.39, 0.29) is 10.6 Å². The van der Waals surface area contributed by atoms with Crippen LogP contribution >= 0.6 is 27.5 Å². The number of rotatable bonds is 4. The minimum absolute atomic E-state index is 0.0433. The number of ether oxygens (including phenoxy) is 1. The molecule has 6 heteroatoms. The van der Waals surface area contributed by atoms with Crippen LogP contribution in [0.1, 0.15) is 24.1 Å². The van der Waals surface area contributed by atoms with Gasteiger partial charge in [-0.15, -0.1) is 0 Å². The number of hydrogen-bond donors (Lipinski definition) is 1. The van der Waals surface area contributed by atoms with Crippen molar-refractivity contribution in [2.45, 2.75) is 13.0 Å². The van der Waals surface area contributed by atoms with Gasteiger partial charge in [-0.1, -0.05) is 33.6 Å². The molecule has 2 aromatic rings. The lowest BCUT2D eigenvalue weighted by atomic mass is 9.99. The van der Waals surface area contributed by atoms with Crippen LogP contribution in [-0.4, -0.2) is 6.61 Å². The molecule has 0 heterocycles. The summed E-state index contributed by atoms with van der Waals surface area (Å²) in [4.78, 5) is 0. The average Bonchev–Trinajstić information content (AvgIpc) is 2.43. The van der Waals surface area contributed by atoms with Crippen molar-refractivity contribution in [1.29, 1.82) is 0 Å². The standard InChI is InChI=1S/C15H13BrClF2NO/c1-2-21-8-3-4-9(11(16)5-8)15(20)10-6-14(19)12(17)7-13(10)18/h3-7,15H,2,20H2,1H3. The molecule has 1 atom stereocenters. The molecule has 0 saturated carbocycles. The van der Waals surface area contributed by atoms with E-state index in [4.69, 9.17) is 22.1 Å². The second kappa shape index (κ2) is 6.73. The Bertz CT molecular complexity index is 666. The molecule has 0 radical (unpaired) electrons. The van der Waals surface area contributed by atoms with E-state index in [0.717, 1.165) is 12.1 Å². The maximum Gasteiger partial charge on any atom is 0.142 e. The van der Waals surface area contributed by atoms with Crippen LogP contribution in [0.15, 0.2) is 34.8 Å². The quantitative estimate of drug-likeness (QED) is 0.776. The Hall–Kier alpha value is -1.17. The molecule has 0 aliphatic carbocycles. The molecular formula is C15H13BrClF2NO. The van der Waals surface area contributed by atoms with Crippen molar-refractivity contribution in [3.63, 3.8) is 0 Å². The van der Waals surface area contributed by atoms with Crippen molar-refractivity contribution in [1.82, 2.24) is 0 Å². The SMILES string of the molecule is CCOc1ccc(C(N)c2cc(F)c(Cl)cc2F)c(Br)c1. The first-order chi connectivity index (χ1) is 9.93. The Kier molecular flexibility index (Phi) is 5.19. The summed E-state index contributed by atoms with van der Waals surface area (Å²) in [5.74, 6) is -0.677. The molecule has 1 unspecified atom stereocenters. The third kappa shape index (κ3) is 3.54. The van der Waals surface area contributed by atoms with Crippen molar-refractivity contribution >= 4 is 27.5 Å². The third-order valence-corrected chi connectivity index (χ3v) is 3.97. The molecule has 2 N–H and O–H groups in total. The largest absolute Gasteiger partial charge is 0.494 e. The van der Waals surface area contributed by atoms with Crippen LogP contribution in [0.2, 0.25) is 5.02 Å². The van der Waals surface area contributed by atoms with E-state index >= 15 is 0 Å². The molecular weight excluding hydrogens is 364 g/mol. The van der Waals surface area contributed by atoms with E-state index in [1.54, 1.807) is 18.2 Å². The van der Waals surface area contributed by atoms with Gasteiger partial charge < -0.3 is 10.5 Å². The first kappa shape index (κ1) is 16.2. The summed E-state index contributed by atoms with van der Waals surface area (Å²) in [6.07, 6.45) is 0. The molecule has 2 rings (SSSR count). The minimum Gasteiger partial charge on any atom is -0.494 e. The average molecular weight is 377 g/mol. The van der Waals surface area contributed by atoms with Gasteiger partial charge in [0.15, 0.2) is 0 Å². The van der Waals surface area contributed by atoms with Gasteiger partial charge in [0.25, 0.3) is 0 Å². The van der Waals surface area contributed by atoms with E-state index in [9.17, 15) is 8.78 Å². The normalized spacial score (nSPS) is 12.3. The molecule has 0 aliphatic rings. The Labute approximate surface area is 135 Å². The first-order valence-corrected chi connectivity index (χ1v) is 7.43. The summed E-state index contributed by atoms with van der Waals surface area (Å²) in [6.45, 7) is 2.41. The molecule has 21 heavy (non-hydrogen) atoms. The number of nitrogens with two attached hydrogens (primary N) is 1. The number of hydrogen-bond acceptors (Lipinski definition) is 2. The van der Waals surface area contributed by atoms with Crippen molar-refractivity contribution in [2.24, 2.45) is 5.73 Å². The van der Waals surface area contributed by atoms with E-state index < -0.39 is 17.7 Å². The Morgan fingerprint density at radius 1 is 1.19 bits per heavy atom. The van der Waals surface area contributed by atoms with Gasteiger partial charge in [-0.05, 0) is 36.8 Å². The van der Waals surface area contributed by atoms with Crippen molar-refractivity contribution in [3.8, 4) is 5.75 Å². The molecule has 2 nitrogen and oxygen atoms in total. The molecule has 0 bridgehead atoms. The fourth-order valence-electron chi connectivity index (χ4n) is 1.96. The molecule has 0 aromatic heterocycles. The highest BCUT2D eigenvalue weighted by molar-refractivity contribution is 9.10. The molecule has 0 spiro atoms. The maximum absolute atomic E-state index is 13.9. The van der Waals surface area contributed by atoms with Crippen LogP contribution in [0.3, 0.4) is 0 Å². The van der Waals surface area contributed by atoms with Gasteiger partial charge >= 0.3 is 0 Å². The molecule has 0 fully saturated rings. The minimum atomic E-state index is -0.818. The Morgan fingerprint density at radius 3 is 2.52 bits per heavy atom. The number of halogens is 4. The first-order valence-electron chi connectivity index (χ1n) is 6.26. The van der Waals surface area contributed by atoms with Gasteiger partial charge in [0, 0.05) is 10.0 Å². The smallest absolute Gasteiger partial charge is 0.142 e. The predicted molar refractivity (Wildman–Crippen MR) is 82.7 cm³/mol. The predicted octanol–water partition coefficient (Wildman–Crippen LogP) is 4.83. The number of benzene rings is 2. The van der Waals surface area contributed by atoms with E-state index in [1.807, 2.05) is 6.92 Å². The van der Waals surface area contributed by atoms with Crippen molar-refractivity contribution < 1.29 is 13.5 Å². The van der Waals surface area contributed by atoms with Crippen molar-refractivity contribution in [2.75, 3.05) is 6.61 Å². The van der Waals surface area contributed by atoms with Gasteiger partial charge in [-0.25, -0.2) is 8.78 Å². The fraction of sp³-hybridized carbons (Fsp3) is 0.200. The lowest BCUT2D eigenvalue weighted by Crippen LogP contribution is -2.15. The van der Waals surface area contributed by atoms with E-state index in [1.165, 1.54) is 0 Å². The summed E-state index contributed by atoms with van der Waals surface area (Å²) < 4.78 is 33.5. The van der Waals surface area contributed by atoms with Gasteiger partial charge in [0.2, 0.25) is 0 Å². The van der Waals surface area contributed by atoms with E-state index in [0.29, 0.717) is 22.4 Å². The van der Waals surface area contributed by atoms with Gasteiger partial charge in [-0.2, -0.15) is 0 Å². The topological polar surface area (TPSA) is 35.2 Å². The van der Waals surface area contributed by atoms with Crippen LogP contribution in [0.4, 0.5) is 8.78 Å². The highest BCUT2D eigenvalue weighted by Crippen LogP contribution is 2.32. The van der Waals surface area contributed by atoms with Gasteiger partial charge in [-0.3, -0.25) is 0 Å². The molecule has 0 amide bonds. The summed E-state index contributed by atoms with van der Waals surface area (Å²) in [5, 5.41) is -0.269. The Morgan fingerprint density at radius 2 is 1.90 bits per heavy atom. The van der Waals surface area contributed by atoms with E-state index in [2.05, 4.69) is 15.9 Å². The molecule has 112 valence electrons. The lowest BCUT2D eigenvalue weighted by molar-refractivity contribution is 0.340. The zero-order chi connectivity index (χ0) is 15.6. The maximum atomic E-state index is 13.9. The van der Waals surface area contributed by atoms with Crippen LogP contribution in [-0.2, 0) is 0 Å². The summed E-state index contributed by atoms with van der Waals surface area (Å²) in [5.41, 5.74) is 6.71. The Balaban J connectivity index is 2.40. The highest BCUT2D eigenvalue weighted by Gasteiger charge is 2.19. The van der Waals surface area contributed by atoms with Crippen LogP contribution in [0, 0.1) is 11.6 Å². The monoisotopic (exact) mass is 375 g/mol. The third-order valence-electron chi connectivity index (χ3n) is 2.99. The molecule has 0 aliphatic heterocycles. The summed E-state index contributed by atoms with van der Waals surface area (Å²) in [6, 6.07) is 6.31. The van der Waals surface area contributed by atoms with Crippen LogP contribution < -0.4 is 10.5 Å². The zero-order valence-electron chi connectivity index (χ0n) is 11.2. The lowest BCUT2D eigenvalue weighted by Gasteiger charge is -2.16. The highest BCUT2D eigenvalue weighted by atomic mass is 79.9. The molecule has 2 aromatic carbocycles. The fourth-order valence-corrected chi connectivity index (χ4v) is 2.72. The second-order valence-corrected chi connectivity index (χ2v) is 5.64. The molecule has 0 saturated heterocycles.